The second kappa shape index (κ2) is 5.64. The van der Waals surface area contributed by atoms with E-state index in [1.807, 2.05) is 6.07 Å². The number of hydrazine groups is 1. The summed E-state index contributed by atoms with van der Waals surface area (Å²) in [5.74, 6) is -0.358. The van der Waals surface area contributed by atoms with Crippen LogP contribution >= 0.6 is 0 Å². The first-order valence-electron chi connectivity index (χ1n) is 5.89. The van der Waals surface area contributed by atoms with Gasteiger partial charge in [-0.15, -0.1) is 0 Å². The zero-order valence-corrected chi connectivity index (χ0v) is 10.2. The van der Waals surface area contributed by atoms with Gasteiger partial charge in [-0.3, -0.25) is 20.4 Å². The zero-order valence-electron chi connectivity index (χ0n) is 10.2. The molecule has 1 aromatic rings. The molecule has 0 atom stereocenters. The van der Waals surface area contributed by atoms with Crippen molar-refractivity contribution in [2.24, 2.45) is 5.92 Å². The lowest BCUT2D eigenvalue weighted by molar-refractivity contribution is -0.123. The first-order chi connectivity index (χ1) is 8.70. The summed E-state index contributed by atoms with van der Waals surface area (Å²) in [6.07, 6.45) is 1.82. The molecule has 0 unspecified atom stereocenters. The molecule has 0 heterocycles. The summed E-state index contributed by atoms with van der Waals surface area (Å²) >= 11 is 0. The summed E-state index contributed by atoms with van der Waals surface area (Å²) < 4.78 is 5.00. The van der Waals surface area contributed by atoms with Gasteiger partial charge in [-0.1, -0.05) is 12.1 Å². The number of amides is 2. The highest BCUT2D eigenvalue weighted by molar-refractivity contribution is 5.95. The molecular formula is C13H16N2O3. The largest absolute Gasteiger partial charge is 0.380 e. The lowest BCUT2D eigenvalue weighted by Crippen LogP contribution is -2.42. The number of carbonyl (C=O) groups excluding carboxylic acids is 2. The molecule has 18 heavy (non-hydrogen) atoms. The Morgan fingerprint density at radius 2 is 2.11 bits per heavy atom. The molecule has 5 nitrogen and oxygen atoms in total. The molecule has 2 amide bonds. The van der Waals surface area contributed by atoms with E-state index in [-0.39, 0.29) is 17.7 Å². The van der Waals surface area contributed by atoms with Gasteiger partial charge in [0.15, 0.2) is 0 Å². The SMILES string of the molecule is COCc1cccc(C(=O)NNC(=O)C2CC2)c1. The van der Waals surface area contributed by atoms with Crippen LogP contribution in [0, 0.1) is 5.92 Å². The number of benzene rings is 1. The van der Waals surface area contributed by atoms with Gasteiger partial charge in [0.05, 0.1) is 6.61 Å². The van der Waals surface area contributed by atoms with Crippen molar-refractivity contribution in [2.45, 2.75) is 19.4 Å². The highest BCUT2D eigenvalue weighted by atomic mass is 16.5. The molecule has 1 fully saturated rings. The number of hydrogen-bond donors (Lipinski definition) is 2. The molecule has 0 radical (unpaired) electrons. The predicted molar refractivity (Wildman–Crippen MR) is 65.5 cm³/mol. The lowest BCUT2D eigenvalue weighted by atomic mass is 10.1. The Bertz CT molecular complexity index is 455. The molecule has 0 aliphatic heterocycles. The number of rotatable bonds is 4. The Kier molecular flexibility index (Phi) is 3.94. The standard InChI is InChI=1S/C13H16N2O3/c1-18-8-9-3-2-4-11(7-9)13(17)15-14-12(16)10-5-6-10/h2-4,7,10H,5-6,8H2,1H3,(H,14,16)(H,15,17). The van der Waals surface area contributed by atoms with Crippen LogP contribution in [0.5, 0.6) is 0 Å². The maximum atomic E-state index is 11.8. The van der Waals surface area contributed by atoms with E-state index in [0.29, 0.717) is 12.2 Å². The minimum Gasteiger partial charge on any atom is -0.380 e. The monoisotopic (exact) mass is 248 g/mol. The maximum absolute atomic E-state index is 11.8. The van der Waals surface area contributed by atoms with Crippen LogP contribution in [-0.4, -0.2) is 18.9 Å². The summed E-state index contributed by atoms with van der Waals surface area (Å²) in [5, 5.41) is 0. The first kappa shape index (κ1) is 12.6. The quantitative estimate of drug-likeness (QED) is 0.781. The third-order valence-electron chi connectivity index (χ3n) is 2.75. The Balaban J connectivity index is 1.90. The topological polar surface area (TPSA) is 67.4 Å². The van der Waals surface area contributed by atoms with Crippen LogP contribution in [0.4, 0.5) is 0 Å². The molecule has 2 rings (SSSR count). The van der Waals surface area contributed by atoms with Crippen LogP contribution < -0.4 is 10.9 Å². The molecule has 0 aromatic heterocycles. The van der Waals surface area contributed by atoms with Gasteiger partial charge in [0.1, 0.15) is 0 Å². The summed E-state index contributed by atoms with van der Waals surface area (Å²) in [7, 11) is 1.60. The van der Waals surface area contributed by atoms with Crippen LogP contribution in [0.2, 0.25) is 0 Å². The van der Waals surface area contributed by atoms with Gasteiger partial charge < -0.3 is 4.74 Å². The van der Waals surface area contributed by atoms with Gasteiger partial charge in [-0.05, 0) is 30.5 Å². The Morgan fingerprint density at radius 1 is 1.33 bits per heavy atom. The maximum Gasteiger partial charge on any atom is 0.269 e. The second-order valence-corrected chi connectivity index (χ2v) is 4.35. The van der Waals surface area contributed by atoms with E-state index >= 15 is 0 Å². The van der Waals surface area contributed by atoms with E-state index in [0.717, 1.165) is 18.4 Å². The molecule has 0 bridgehead atoms. The Hall–Kier alpha value is -1.88. The van der Waals surface area contributed by atoms with Crippen molar-refractivity contribution in [2.75, 3.05) is 7.11 Å². The van der Waals surface area contributed by atoms with Crippen molar-refractivity contribution >= 4 is 11.8 Å². The van der Waals surface area contributed by atoms with E-state index in [1.54, 1.807) is 25.3 Å². The van der Waals surface area contributed by atoms with Gasteiger partial charge in [0, 0.05) is 18.6 Å². The molecule has 1 aliphatic rings. The van der Waals surface area contributed by atoms with Gasteiger partial charge in [0.2, 0.25) is 5.91 Å². The van der Waals surface area contributed by atoms with Gasteiger partial charge >= 0.3 is 0 Å². The highest BCUT2D eigenvalue weighted by Crippen LogP contribution is 2.28. The van der Waals surface area contributed by atoms with E-state index in [4.69, 9.17) is 4.74 Å². The third-order valence-corrected chi connectivity index (χ3v) is 2.75. The van der Waals surface area contributed by atoms with Crippen LogP contribution in [-0.2, 0) is 16.1 Å². The molecule has 2 N–H and O–H groups in total. The predicted octanol–water partition coefficient (Wildman–Crippen LogP) is 1.00. The lowest BCUT2D eigenvalue weighted by Gasteiger charge is -2.07. The average molecular weight is 248 g/mol. The van der Waals surface area contributed by atoms with Crippen molar-refractivity contribution in [1.82, 2.24) is 10.9 Å². The molecule has 5 heteroatoms. The summed E-state index contributed by atoms with van der Waals surface area (Å²) in [6.45, 7) is 0.454. The summed E-state index contributed by atoms with van der Waals surface area (Å²) in [5.41, 5.74) is 6.25. The minimum atomic E-state index is -0.318. The minimum absolute atomic E-state index is 0.0742. The average Bonchev–Trinajstić information content (AvgIpc) is 3.20. The molecule has 96 valence electrons. The third kappa shape index (κ3) is 3.30. The number of carbonyl (C=O) groups is 2. The van der Waals surface area contributed by atoms with Crippen molar-refractivity contribution < 1.29 is 14.3 Å². The molecule has 0 spiro atoms. The highest BCUT2D eigenvalue weighted by Gasteiger charge is 2.29. The van der Waals surface area contributed by atoms with Crippen LogP contribution in [0.3, 0.4) is 0 Å². The van der Waals surface area contributed by atoms with Crippen molar-refractivity contribution in [3.63, 3.8) is 0 Å². The number of hydrogen-bond acceptors (Lipinski definition) is 3. The van der Waals surface area contributed by atoms with Crippen LogP contribution in [0.15, 0.2) is 24.3 Å². The fourth-order valence-electron chi connectivity index (χ4n) is 1.61. The summed E-state index contributed by atoms with van der Waals surface area (Å²) in [4.78, 5) is 23.1. The van der Waals surface area contributed by atoms with Gasteiger partial charge in [-0.25, -0.2) is 0 Å². The van der Waals surface area contributed by atoms with E-state index in [9.17, 15) is 9.59 Å². The number of methoxy groups -OCH3 is 1. The van der Waals surface area contributed by atoms with Crippen molar-refractivity contribution in [3.8, 4) is 0 Å². The fraction of sp³-hybridized carbons (Fsp3) is 0.385. The van der Waals surface area contributed by atoms with Gasteiger partial charge in [0.25, 0.3) is 5.91 Å². The molecule has 0 saturated heterocycles. The van der Waals surface area contributed by atoms with E-state index < -0.39 is 0 Å². The molecule has 1 aliphatic carbocycles. The zero-order chi connectivity index (χ0) is 13.0. The van der Waals surface area contributed by atoms with Crippen molar-refractivity contribution in [3.05, 3.63) is 35.4 Å². The number of nitrogens with one attached hydrogen (secondary N) is 2. The van der Waals surface area contributed by atoms with Crippen LogP contribution in [0.1, 0.15) is 28.8 Å². The molecule has 1 saturated carbocycles. The second-order valence-electron chi connectivity index (χ2n) is 4.35. The smallest absolute Gasteiger partial charge is 0.269 e. The Labute approximate surface area is 105 Å². The number of ether oxygens (including phenoxy) is 1. The van der Waals surface area contributed by atoms with Gasteiger partial charge in [-0.2, -0.15) is 0 Å². The molecule has 1 aromatic carbocycles. The van der Waals surface area contributed by atoms with E-state index in [2.05, 4.69) is 10.9 Å². The van der Waals surface area contributed by atoms with Crippen LogP contribution in [0.25, 0.3) is 0 Å². The fourth-order valence-corrected chi connectivity index (χ4v) is 1.61. The molecular weight excluding hydrogens is 232 g/mol. The summed E-state index contributed by atoms with van der Waals surface area (Å²) in [6, 6.07) is 7.09. The van der Waals surface area contributed by atoms with Crippen molar-refractivity contribution in [1.29, 1.82) is 0 Å². The normalized spacial score (nSPS) is 14.1. The first-order valence-corrected chi connectivity index (χ1v) is 5.89. The Morgan fingerprint density at radius 3 is 2.78 bits per heavy atom. The van der Waals surface area contributed by atoms with E-state index in [1.165, 1.54) is 0 Å².